The second-order valence-corrected chi connectivity index (χ2v) is 22.5. The van der Waals surface area contributed by atoms with Crippen LogP contribution < -0.4 is 5.32 Å². The van der Waals surface area contributed by atoms with Gasteiger partial charge in [-0.15, -0.1) is 0 Å². The van der Waals surface area contributed by atoms with Gasteiger partial charge in [0.1, 0.15) is 13.2 Å². The van der Waals surface area contributed by atoms with Gasteiger partial charge in [0.2, 0.25) is 5.91 Å². The molecule has 8 nitrogen and oxygen atoms in total. The van der Waals surface area contributed by atoms with Crippen molar-refractivity contribution in [2.45, 2.75) is 302 Å². The normalized spacial score (nSPS) is 14.0. The second kappa shape index (κ2) is 48.3. The predicted octanol–water partition coefficient (Wildman–Crippen LogP) is 17.0. The van der Waals surface area contributed by atoms with E-state index in [1.54, 1.807) is 6.08 Å². The number of phosphoric ester groups is 1. The van der Waals surface area contributed by atoms with E-state index in [4.69, 9.17) is 9.05 Å². The van der Waals surface area contributed by atoms with Crippen LogP contribution in [-0.2, 0) is 18.4 Å². The minimum atomic E-state index is -4.33. The van der Waals surface area contributed by atoms with Crippen LogP contribution in [-0.4, -0.2) is 73.4 Å². The lowest BCUT2D eigenvalue weighted by atomic mass is 10.0. The number of phosphoric acid groups is 1. The minimum Gasteiger partial charge on any atom is -0.387 e. The Kier molecular flexibility index (Phi) is 47.7. The summed E-state index contributed by atoms with van der Waals surface area (Å²) in [5.41, 5.74) is 0. The zero-order valence-electron chi connectivity index (χ0n) is 44.3. The van der Waals surface area contributed by atoms with Crippen molar-refractivity contribution < 1.29 is 32.9 Å². The van der Waals surface area contributed by atoms with Crippen molar-refractivity contribution in [3.8, 4) is 0 Å². The molecule has 65 heavy (non-hydrogen) atoms. The van der Waals surface area contributed by atoms with E-state index < -0.39 is 20.0 Å². The highest BCUT2D eigenvalue weighted by molar-refractivity contribution is 7.47. The lowest BCUT2D eigenvalue weighted by Gasteiger charge is -2.25. The van der Waals surface area contributed by atoms with Gasteiger partial charge >= 0.3 is 7.82 Å². The number of carbonyl (C=O) groups is 1. The van der Waals surface area contributed by atoms with Crippen molar-refractivity contribution >= 4 is 13.7 Å². The maximum atomic E-state index is 12.9. The molecule has 0 aliphatic carbocycles. The number of unbranched alkanes of at least 4 members (excludes halogenated alkanes) is 40. The van der Waals surface area contributed by atoms with E-state index in [1.807, 2.05) is 27.2 Å². The highest BCUT2D eigenvalue weighted by atomic mass is 31.2. The van der Waals surface area contributed by atoms with E-state index in [0.29, 0.717) is 17.4 Å². The van der Waals surface area contributed by atoms with Gasteiger partial charge in [-0.3, -0.25) is 13.8 Å². The lowest BCUT2D eigenvalue weighted by Crippen LogP contribution is -2.45. The van der Waals surface area contributed by atoms with Gasteiger partial charge in [0.05, 0.1) is 39.9 Å². The number of likely N-dealkylation sites (N-methyl/N-ethyl adjacent to an activating group) is 1. The summed E-state index contributed by atoms with van der Waals surface area (Å²) in [6, 6.07) is -0.839. The Hall–Kier alpha value is -0.760. The molecule has 0 aliphatic heterocycles. The number of nitrogens with zero attached hydrogens (tertiary/aromatic N) is 1. The van der Waals surface area contributed by atoms with Crippen LogP contribution in [0.2, 0.25) is 0 Å². The maximum Gasteiger partial charge on any atom is 0.472 e. The quantitative estimate of drug-likeness (QED) is 0.0243. The lowest BCUT2D eigenvalue weighted by molar-refractivity contribution is -0.870. The van der Waals surface area contributed by atoms with Crippen LogP contribution in [0, 0.1) is 0 Å². The third-order valence-electron chi connectivity index (χ3n) is 13.3. The van der Waals surface area contributed by atoms with Gasteiger partial charge in [0.15, 0.2) is 0 Å². The number of allylic oxidation sites excluding steroid dienone is 1. The van der Waals surface area contributed by atoms with Gasteiger partial charge < -0.3 is 19.8 Å². The van der Waals surface area contributed by atoms with Gasteiger partial charge in [-0.25, -0.2) is 4.57 Å². The Morgan fingerprint density at radius 3 is 1.14 bits per heavy atom. The van der Waals surface area contributed by atoms with Gasteiger partial charge in [0.25, 0.3) is 0 Å². The molecule has 0 heterocycles. The topological polar surface area (TPSA) is 105 Å². The number of quaternary nitrogens is 1. The predicted molar refractivity (Wildman–Crippen MR) is 282 cm³/mol. The molecule has 0 fully saturated rings. The first-order valence-corrected chi connectivity index (χ1v) is 30.1. The molecule has 3 N–H and O–H groups in total. The molecular weight excluding hydrogens is 828 g/mol. The van der Waals surface area contributed by atoms with Crippen LogP contribution in [0.4, 0.5) is 0 Å². The molecule has 1 amide bonds. The van der Waals surface area contributed by atoms with Crippen LogP contribution in [0.5, 0.6) is 0 Å². The average molecular weight is 943 g/mol. The van der Waals surface area contributed by atoms with Crippen molar-refractivity contribution in [2.24, 2.45) is 0 Å². The largest absolute Gasteiger partial charge is 0.472 e. The molecule has 0 spiro atoms. The summed E-state index contributed by atoms with van der Waals surface area (Å²) >= 11 is 0. The van der Waals surface area contributed by atoms with Crippen LogP contribution in [0.25, 0.3) is 0 Å². The van der Waals surface area contributed by atoms with Crippen LogP contribution in [0.3, 0.4) is 0 Å². The molecule has 0 bridgehead atoms. The summed E-state index contributed by atoms with van der Waals surface area (Å²) in [6.07, 6.45) is 59.5. The molecule has 0 aromatic heterocycles. The number of hydrogen-bond acceptors (Lipinski definition) is 5. The number of nitrogens with one attached hydrogen (secondary N) is 1. The first-order chi connectivity index (χ1) is 31.5. The van der Waals surface area contributed by atoms with Crippen molar-refractivity contribution in [2.75, 3.05) is 40.9 Å². The summed E-state index contributed by atoms with van der Waals surface area (Å²) < 4.78 is 23.5. The molecule has 0 saturated heterocycles. The summed E-state index contributed by atoms with van der Waals surface area (Å²) in [4.78, 5) is 23.1. The third kappa shape index (κ3) is 50.9. The highest BCUT2D eigenvalue weighted by Crippen LogP contribution is 2.43. The van der Waals surface area contributed by atoms with Crippen molar-refractivity contribution in [3.05, 3.63) is 12.2 Å². The molecule has 0 aliphatic rings. The fraction of sp³-hybridized carbons (Fsp3) is 0.946. The zero-order chi connectivity index (χ0) is 47.8. The number of hydrogen-bond donors (Lipinski definition) is 3. The molecule has 0 radical (unpaired) electrons. The number of aliphatic hydroxyl groups excluding tert-OH is 1. The third-order valence-corrected chi connectivity index (χ3v) is 14.2. The SMILES string of the molecule is CCCCCCC/C=C/C(O)C(COP(=O)(O)OCC[N+](C)(C)C)NC(=O)CCCCCCCCCCCCCCCCCCCCCCCCCCCCCCCCCCCCCC. The van der Waals surface area contributed by atoms with Gasteiger partial charge in [0, 0.05) is 6.42 Å². The van der Waals surface area contributed by atoms with E-state index >= 15 is 0 Å². The first-order valence-electron chi connectivity index (χ1n) is 28.6. The molecular formula is C56H114N2O6P+. The van der Waals surface area contributed by atoms with Crippen LogP contribution in [0.15, 0.2) is 12.2 Å². The number of aliphatic hydroxyl groups is 1. The monoisotopic (exact) mass is 942 g/mol. The number of amides is 1. The Labute approximate surface area is 405 Å². The Bertz CT molecular complexity index is 1070. The number of rotatable bonds is 53. The second-order valence-electron chi connectivity index (χ2n) is 21.0. The summed E-state index contributed by atoms with van der Waals surface area (Å²) in [7, 11) is 1.58. The summed E-state index contributed by atoms with van der Waals surface area (Å²) in [5, 5.41) is 13.7. The Morgan fingerprint density at radius 2 is 0.815 bits per heavy atom. The maximum absolute atomic E-state index is 12.9. The van der Waals surface area contributed by atoms with Gasteiger partial charge in [-0.2, -0.15) is 0 Å². The van der Waals surface area contributed by atoms with Crippen molar-refractivity contribution in [1.82, 2.24) is 5.32 Å². The van der Waals surface area contributed by atoms with Crippen molar-refractivity contribution in [3.63, 3.8) is 0 Å². The minimum absolute atomic E-state index is 0.0640. The van der Waals surface area contributed by atoms with E-state index in [-0.39, 0.29) is 19.1 Å². The molecule has 3 unspecified atom stereocenters. The molecule has 0 aromatic carbocycles. The van der Waals surface area contributed by atoms with Crippen LogP contribution in [0.1, 0.15) is 290 Å². The molecule has 9 heteroatoms. The fourth-order valence-electron chi connectivity index (χ4n) is 8.75. The number of carbonyl (C=O) groups excluding carboxylic acids is 1. The summed E-state index contributed by atoms with van der Waals surface area (Å²) in [5.74, 6) is -0.175. The molecule has 0 rings (SSSR count). The van der Waals surface area contributed by atoms with Crippen LogP contribution >= 0.6 is 7.82 Å². The standard InChI is InChI=1S/C56H113N2O6P/c1-6-8-10-12-14-15-16-17-18-19-20-21-22-23-24-25-26-27-28-29-30-31-32-33-34-35-36-37-38-39-40-41-42-44-46-48-50-56(60)57-54(55(59)49-47-45-43-13-11-9-7-2)53-64-65(61,62)63-52-51-58(3,4)5/h47,49,54-55,59H,6-46,48,50-53H2,1-5H3,(H-,57,60,61,62)/p+1/b49-47+. The van der Waals surface area contributed by atoms with E-state index in [9.17, 15) is 19.4 Å². The smallest absolute Gasteiger partial charge is 0.387 e. The molecule has 0 saturated carbocycles. The van der Waals surface area contributed by atoms with E-state index in [2.05, 4.69) is 19.2 Å². The van der Waals surface area contributed by atoms with Crippen molar-refractivity contribution in [1.29, 1.82) is 0 Å². The van der Waals surface area contributed by atoms with Gasteiger partial charge in [-0.1, -0.05) is 276 Å². The Balaban J connectivity index is 3.74. The fourth-order valence-corrected chi connectivity index (χ4v) is 9.49. The highest BCUT2D eigenvalue weighted by Gasteiger charge is 2.27. The molecule has 0 aromatic rings. The first kappa shape index (κ1) is 64.2. The van der Waals surface area contributed by atoms with Gasteiger partial charge in [-0.05, 0) is 19.3 Å². The summed E-state index contributed by atoms with van der Waals surface area (Å²) in [6.45, 7) is 4.79. The van der Waals surface area contributed by atoms with E-state index in [1.165, 1.54) is 231 Å². The van der Waals surface area contributed by atoms with E-state index in [0.717, 1.165) is 38.5 Å². The molecule has 3 atom stereocenters. The Morgan fingerprint density at radius 1 is 0.508 bits per heavy atom. The average Bonchev–Trinajstić information content (AvgIpc) is 3.26. The zero-order valence-corrected chi connectivity index (χ0v) is 45.2. The molecule has 388 valence electrons.